The molecule has 0 unspecified atom stereocenters. The molecule has 0 saturated carbocycles. The van der Waals surface area contributed by atoms with Crippen molar-refractivity contribution >= 4 is 6.03 Å². The van der Waals surface area contributed by atoms with Gasteiger partial charge in [-0.05, 0) is 36.6 Å². The predicted molar refractivity (Wildman–Crippen MR) is 78.2 cm³/mol. The highest BCUT2D eigenvalue weighted by Gasteiger charge is 2.02. The molecule has 0 aliphatic heterocycles. The Labute approximate surface area is 123 Å². The SMILES string of the molecule is Cc1cc(CNC(=O)NCCCn2cccn2)ccc1F. The van der Waals surface area contributed by atoms with E-state index in [0.717, 1.165) is 18.5 Å². The van der Waals surface area contributed by atoms with E-state index >= 15 is 0 Å². The summed E-state index contributed by atoms with van der Waals surface area (Å²) in [7, 11) is 0. The Morgan fingerprint density at radius 2 is 2.24 bits per heavy atom. The van der Waals surface area contributed by atoms with Crippen LogP contribution >= 0.6 is 0 Å². The van der Waals surface area contributed by atoms with Crippen LogP contribution in [-0.2, 0) is 13.1 Å². The maximum atomic E-state index is 13.1. The van der Waals surface area contributed by atoms with Crippen molar-refractivity contribution in [1.82, 2.24) is 20.4 Å². The normalized spacial score (nSPS) is 10.4. The Hall–Kier alpha value is -2.37. The first-order chi connectivity index (χ1) is 10.1. The van der Waals surface area contributed by atoms with Crippen LogP contribution in [0.1, 0.15) is 17.5 Å². The van der Waals surface area contributed by atoms with Gasteiger partial charge in [-0.2, -0.15) is 5.10 Å². The minimum Gasteiger partial charge on any atom is -0.338 e. The third-order valence-corrected chi connectivity index (χ3v) is 3.08. The average molecular weight is 290 g/mol. The van der Waals surface area contributed by atoms with Crippen molar-refractivity contribution < 1.29 is 9.18 Å². The van der Waals surface area contributed by atoms with Gasteiger partial charge in [0.2, 0.25) is 0 Å². The van der Waals surface area contributed by atoms with Crippen LogP contribution in [0.25, 0.3) is 0 Å². The lowest BCUT2D eigenvalue weighted by Gasteiger charge is -2.08. The molecule has 0 atom stereocenters. The van der Waals surface area contributed by atoms with Crippen molar-refractivity contribution in [2.24, 2.45) is 0 Å². The van der Waals surface area contributed by atoms with Gasteiger partial charge in [-0.25, -0.2) is 9.18 Å². The Morgan fingerprint density at radius 3 is 2.95 bits per heavy atom. The first-order valence-corrected chi connectivity index (χ1v) is 6.89. The topological polar surface area (TPSA) is 59.0 Å². The van der Waals surface area contributed by atoms with Crippen molar-refractivity contribution in [3.05, 3.63) is 53.6 Å². The van der Waals surface area contributed by atoms with Crippen LogP contribution in [-0.4, -0.2) is 22.4 Å². The zero-order valence-electron chi connectivity index (χ0n) is 12.0. The average Bonchev–Trinajstić information content (AvgIpc) is 2.98. The number of halogens is 1. The standard InChI is InChI=1S/C15H19FN4O/c1-12-10-13(4-5-14(12)16)11-18-15(21)17-6-2-8-20-9-3-7-19-20/h3-5,7,9-10H,2,6,8,11H2,1H3,(H2,17,18,21). The highest BCUT2D eigenvalue weighted by Crippen LogP contribution is 2.08. The highest BCUT2D eigenvalue weighted by molar-refractivity contribution is 5.73. The van der Waals surface area contributed by atoms with Gasteiger partial charge >= 0.3 is 6.03 Å². The molecular weight excluding hydrogens is 271 g/mol. The van der Waals surface area contributed by atoms with Crippen molar-refractivity contribution in [1.29, 1.82) is 0 Å². The van der Waals surface area contributed by atoms with E-state index in [-0.39, 0.29) is 11.8 Å². The summed E-state index contributed by atoms with van der Waals surface area (Å²) in [6, 6.07) is 6.45. The van der Waals surface area contributed by atoms with E-state index in [4.69, 9.17) is 0 Å². The minimum atomic E-state index is -0.234. The van der Waals surface area contributed by atoms with Crippen molar-refractivity contribution in [3.63, 3.8) is 0 Å². The number of urea groups is 1. The third-order valence-electron chi connectivity index (χ3n) is 3.08. The van der Waals surface area contributed by atoms with Gasteiger partial charge < -0.3 is 10.6 Å². The van der Waals surface area contributed by atoms with E-state index in [1.807, 2.05) is 16.9 Å². The summed E-state index contributed by atoms with van der Waals surface area (Å²) in [6.07, 6.45) is 4.42. The number of nitrogens with zero attached hydrogens (tertiary/aromatic N) is 2. The number of hydrogen-bond acceptors (Lipinski definition) is 2. The number of nitrogens with one attached hydrogen (secondary N) is 2. The van der Waals surface area contributed by atoms with E-state index < -0.39 is 0 Å². The van der Waals surface area contributed by atoms with E-state index in [1.54, 1.807) is 25.3 Å². The van der Waals surface area contributed by atoms with Gasteiger partial charge in [-0.1, -0.05) is 12.1 Å². The summed E-state index contributed by atoms with van der Waals surface area (Å²) in [5.74, 6) is -0.234. The molecule has 0 saturated heterocycles. The molecule has 2 amide bonds. The zero-order valence-corrected chi connectivity index (χ0v) is 12.0. The summed E-state index contributed by atoms with van der Waals surface area (Å²) >= 11 is 0. The Balaban J connectivity index is 1.64. The van der Waals surface area contributed by atoms with Crippen LogP contribution in [0.4, 0.5) is 9.18 Å². The Kier molecular flexibility index (Phi) is 5.31. The van der Waals surface area contributed by atoms with E-state index in [9.17, 15) is 9.18 Å². The van der Waals surface area contributed by atoms with Crippen LogP contribution in [0, 0.1) is 12.7 Å². The second-order valence-electron chi connectivity index (χ2n) is 4.82. The fraction of sp³-hybridized carbons (Fsp3) is 0.333. The molecule has 21 heavy (non-hydrogen) atoms. The molecule has 1 heterocycles. The first kappa shape index (κ1) is 15.0. The maximum Gasteiger partial charge on any atom is 0.315 e. The lowest BCUT2D eigenvalue weighted by atomic mass is 10.1. The van der Waals surface area contributed by atoms with Gasteiger partial charge in [0.15, 0.2) is 0 Å². The molecule has 112 valence electrons. The summed E-state index contributed by atoms with van der Waals surface area (Å²) in [6.45, 7) is 3.43. The van der Waals surface area contributed by atoms with Gasteiger partial charge in [0.25, 0.3) is 0 Å². The predicted octanol–water partition coefficient (Wildman–Crippen LogP) is 2.22. The molecule has 0 aliphatic rings. The lowest BCUT2D eigenvalue weighted by Crippen LogP contribution is -2.35. The third kappa shape index (κ3) is 4.91. The molecule has 0 spiro atoms. The summed E-state index contributed by atoms with van der Waals surface area (Å²) in [5, 5.41) is 9.60. The molecule has 2 aromatic rings. The number of carbonyl (C=O) groups excluding carboxylic acids is 1. The molecule has 0 bridgehead atoms. The van der Waals surface area contributed by atoms with E-state index in [2.05, 4.69) is 15.7 Å². The molecule has 0 fully saturated rings. The summed E-state index contributed by atoms with van der Waals surface area (Å²) in [5.41, 5.74) is 1.45. The summed E-state index contributed by atoms with van der Waals surface area (Å²) in [4.78, 5) is 11.6. The molecule has 0 radical (unpaired) electrons. The van der Waals surface area contributed by atoms with Crippen LogP contribution in [0.2, 0.25) is 0 Å². The molecule has 2 N–H and O–H groups in total. The first-order valence-electron chi connectivity index (χ1n) is 6.89. The van der Waals surface area contributed by atoms with Crippen molar-refractivity contribution in [2.75, 3.05) is 6.54 Å². The van der Waals surface area contributed by atoms with Gasteiger partial charge in [-0.3, -0.25) is 4.68 Å². The van der Waals surface area contributed by atoms with Crippen LogP contribution in [0.15, 0.2) is 36.7 Å². The lowest BCUT2D eigenvalue weighted by molar-refractivity contribution is 0.240. The van der Waals surface area contributed by atoms with Gasteiger partial charge in [-0.15, -0.1) is 0 Å². The van der Waals surface area contributed by atoms with Gasteiger partial charge in [0.1, 0.15) is 5.82 Å². The largest absolute Gasteiger partial charge is 0.338 e. The number of aryl methyl sites for hydroxylation is 2. The zero-order chi connectivity index (χ0) is 15.1. The van der Waals surface area contributed by atoms with Crippen molar-refractivity contribution in [2.45, 2.75) is 26.4 Å². The van der Waals surface area contributed by atoms with E-state index in [1.165, 1.54) is 6.07 Å². The molecule has 5 nitrogen and oxygen atoms in total. The molecule has 0 aliphatic carbocycles. The number of benzene rings is 1. The second kappa shape index (κ2) is 7.42. The van der Waals surface area contributed by atoms with Gasteiger partial charge in [0, 0.05) is 32.0 Å². The molecule has 1 aromatic carbocycles. The Bertz CT molecular complexity index is 583. The quantitative estimate of drug-likeness (QED) is 0.801. The Morgan fingerprint density at radius 1 is 1.38 bits per heavy atom. The molecule has 6 heteroatoms. The molecular formula is C15H19FN4O. The second-order valence-corrected chi connectivity index (χ2v) is 4.82. The fourth-order valence-electron chi connectivity index (χ4n) is 1.94. The van der Waals surface area contributed by atoms with Gasteiger partial charge in [0.05, 0.1) is 0 Å². The van der Waals surface area contributed by atoms with Crippen LogP contribution in [0.3, 0.4) is 0 Å². The molecule has 2 rings (SSSR count). The smallest absolute Gasteiger partial charge is 0.315 e. The minimum absolute atomic E-state index is 0.225. The number of carbonyl (C=O) groups is 1. The van der Waals surface area contributed by atoms with Crippen LogP contribution in [0.5, 0.6) is 0 Å². The number of rotatable bonds is 6. The summed E-state index contributed by atoms with van der Waals surface area (Å²) < 4.78 is 14.9. The number of hydrogen-bond donors (Lipinski definition) is 2. The van der Waals surface area contributed by atoms with Crippen molar-refractivity contribution in [3.8, 4) is 0 Å². The van der Waals surface area contributed by atoms with Crippen LogP contribution < -0.4 is 10.6 Å². The molecule has 1 aromatic heterocycles. The highest BCUT2D eigenvalue weighted by atomic mass is 19.1. The number of amides is 2. The maximum absolute atomic E-state index is 13.1. The van der Waals surface area contributed by atoms with E-state index in [0.29, 0.717) is 18.7 Å². The monoisotopic (exact) mass is 290 g/mol. The fourth-order valence-corrected chi connectivity index (χ4v) is 1.94. The number of aromatic nitrogens is 2.